The van der Waals surface area contributed by atoms with Crippen molar-refractivity contribution in [2.75, 3.05) is 5.73 Å². The SMILES string of the molecule is NC(=O)c1cc(O)cnc1N. The number of nitrogen functional groups attached to an aromatic ring is 1. The Kier molecular flexibility index (Phi) is 1.63. The van der Waals surface area contributed by atoms with Gasteiger partial charge in [0.05, 0.1) is 11.8 Å². The molecule has 5 nitrogen and oxygen atoms in total. The number of primary amides is 1. The molecular formula is C6H7N3O2. The first-order valence-electron chi connectivity index (χ1n) is 2.85. The van der Waals surface area contributed by atoms with Crippen molar-refractivity contribution in [1.82, 2.24) is 4.98 Å². The lowest BCUT2D eigenvalue weighted by molar-refractivity contribution is 0.100. The molecular weight excluding hydrogens is 146 g/mol. The molecule has 58 valence electrons. The second kappa shape index (κ2) is 2.45. The molecule has 1 aromatic rings. The largest absolute Gasteiger partial charge is 0.506 e. The highest BCUT2D eigenvalue weighted by Gasteiger charge is 2.06. The number of anilines is 1. The summed E-state index contributed by atoms with van der Waals surface area (Å²) in [6.45, 7) is 0. The number of hydrogen-bond donors (Lipinski definition) is 3. The number of nitrogens with zero attached hydrogens (tertiary/aromatic N) is 1. The van der Waals surface area contributed by atoms with Crippen LogP contribution in [0.5, 0.6) is 5.75 Å². The highest BCUT2D eigenvalue weighted by Crippen LogP contribution is 2.13. The average Bonchev–Trinajstić information content (AvgIpc) is 1.94. The third kappa shape index (κ3) is 1.37. The van der Waals surface area contributed by atoms with E-state index in [0.717, 1.165) is 6.20 Å². The summed E-state index contributed by atoms with van der Waals surface area (Å²) in [6.07, 6.45) is 1.14. The number of hydrogen-bond acceptors (Lipinski definition) is 4. The Hall–Kier alpha value is -1.78. The number of nitrogens with two attached hydrogens (primary N) is 2. The van der Waals surface area contributed by atoms with Gasteiger partial charge < -0.3 is 16.6 Å². The van der Waals surface area contributed by atoms with Crippen molar-refractivity contribution in [2.45, 2.75) is 0 Å². The molecule has 0 saturated carbocycles. The molecule has 11 heavy (non-hydrogen) atoms. The lowest BCUT2D eigenvalue weighted by atomic mass is 10.2. The van der Waals surface area contributed by atoms with Crippen LogP contribution in [-0.2, 0) is 0 Å². The Bertz CT molecular complexity index is 298. The number of pyridine rings is 1. The first kappa shape index (κ1) is 7.33. The van der Waals surface area contributed by atoms with Crippen LogP contribution in [-0.4, -0.2) is 16.0 Å². The van der Waals surface area contributed by atoms with E-state index in [9.17, 15) is 4.79 Å². The van der Waals surface area contributed by atoms with Gasteiger partial charge in [0.1, 0.15) is 11.6 Å². The Morgan fingerprint density at radius 2 is 2.27 bits per heavy atom. The van der Waals surface area contributed by atoms with Crippen LogP contribution in [0.25, 0.3) is 0 Å². The minimum Gasteiger partial charge on any atom is -0.506 e. The zero-order valence-corrected chi connectivity index (χ0v) is 5.61. The van der Waals surface area contributed by atoms with Gasteiger partial charge in [-0.15, -0.1) is 0 Å². The number of rotatable bonds is 1. The molecule has 0 bridgehead atoms. The summed E-state index contributed by atoms with van der Waals surface area (Å²) in [5.41, 5.74) is 10.2. The average molecular weight is 153 g/mol. The van der Waals surface area contributed by atoms with Gasteiger partial charge >= 0.3 is 0 Å². The molecule has 0 fully saturated rings. The van der Waals surface area contributed by atoms with Crippen molar-refractivity contribution >= 4 is 11.7 Å². The van der Waals surface area contributed by atoms with Crippen LogP contribution in [0.3, 0.4) is 0 Å². The van der Waals surface area contributed by atoms with E-state index in [-0.39, 0.29) is 17.1 Å². The molecule has 0 aliphatic rings. The topological polar surface area (TPSA) is 102 Å². The standard InChI is InChI=1S/C6H7N3O2/c7-5-4(6(8)11)1-3(10)2-9-5/h1-2,10H,(H2,7,9)(H2,8,11). The van der Waals surface area contributed by atoms with Gasteiger partial charge in [-0.2, -0.15) is 0 Å². The van der Waals surface area contributed by atoms with Gasteiger partial charge in [-0.25, -0.2) is 4.98 Å². The van der Waals surface area contributed by atoms with E-state index in [1.807, 2.05) is 0 Å². The van der Waals surface area contributed by atoms with Gasteiger partial charge in [0.2, 0.25) is 0 Å². The number of carbonyl (C=O) groups is 1. The molecule has 0 saturated heterocycles. The molecule has 0 unspecified atom stereocenters. The Balaban J connectivity index is 3.23. The summed E-state index contributed by atoms with van der Waals surface area (Å²) in [4.78, 5) is 14.1. The molecule has 1 rings (SSSR count). The minimum atomic E-state index is -0.703. The molecule has 1 heterocycles. The van der Waals surface area contributed by atoms with Crippen LogP contribution in [0, 0.1) is 0 Å². The fraction of sp³-hybridized carbons (Fsp3) is 0. The van der Waals surface area contributed by atoms with Gasteiger partial charge in [-0.3, -0.25) is 4.79 Å². The van der Waals surface area contributed by atoms with Crippen LogP contribution in [0.2, 0.25) is 0 Å². The molecule has 0 radical (unpaired) electrons. The Morgan fingerprint density at radius 3 is 2.73 bits per heavy atom. The van der Waals surface area contributed by atoms with Crippen LogP contribution in [0.4, 0.5) is 5.82 Å². The van der Waals surface area contributed by atoms with Gasteiger partial charge in [0.25, 0.3) is 5.91 Å². The monoisotopic (exact) mass is 153 g/mol. The normalized spacial score (nSPS) is 9.45. The van der Waals surface area contributed by atoms with E-state index >= 15 is 0 Å². The highest BCUT2D eigenvalue weighted by atomic mass is 16.3. The molecule has 0 aliphatic heterocycles. The molecule has 0 aliphatic carbocycles. The van der Waals surface area contributed by atoms with Crippen LogP contribution in [0.1, 0.15) is 10.4 Å². The minimum absolute atomic E-state index is 0.0234. The van der Waals surface area contributed by atoms with Gasteiger partial charge in [-0.1, -0.05) is 0 Å². The number of aromatic hydroxyl groups is 1. The van der Waals surface area contributed by atoms with Gasteiger partial charge in [0, 0.05) is 0 Å². The van der Waals surface area contributed by atoms with E-state index in [1.165, 1.54) is 6.07 Å². The zero-order valence-electron chi connectivity index (χ0n) is 5.61. The molecule has 1 amide bonds. The quantitative estimate of drug-likeness (QED) is 0.504. The zero-order chi connectivity index (χ0) is 8.43. The van der Waals surface area contributed by atoms with E-state index < -0.39 is 5.91 Å². The summed E-state index contributed by atoms with van der Waals surface area (Å²) in [6, 6.07) is 1.17. The van der Waals surface area contributed by atoms with E-state index in [2.05, 4.69) is 4.98 Å². The maximum Gasteiger partial charge on any atom is 0.252 e. The maximum absolute atomic E-state index is 10.6. The maximum atomic E-state index is 10.6. The fourth-order valence-electron chi connectivity index (χ4n) is 0.662. The summed E-state index contributed by atoms with van der Waals surface area (Å²) in [5, 5.41) is 8.86. The second-order valence-corrected chi connectivity index (χ2v) is 1.99. The van der Waals surface area contributed by atoms with Crippen molar-refractivity contribution in [3.05, 3.63) is 17.8 Å². The highest BCUT2D eigenvalue weighted by molar-refractivity contribution is 5.97. The fourth-order valence-corrected chi connectivity index (χ4v) is 0.662. The van der Waals surface area contributed by atoms with Crippen LogP contribution < -0.4 is 11.5 Å². The number of aromatic nitrogens is 1. The number of amides is 1. The first-order valence-corrected chi connectivity index (χ1v) is 2.85. The van der Waals surface area contributed by atoms with Gasteiger partial charge in [-0.05, 0) is 6.07 Å². The van der Waals surface area contributed by atoms with E-state index in [4.69, 9.17) is 16.6 Å². The Labute approximate surface area is 62.7 Å². The third-order valence-electron chi connectivity index (χ3n) is 1.17. The molecule has 5 heteroatoms. The van der Waals surface area contributed by atoms with Crippen LogP contribution >= 0.6 is 0 Å². The molecule has 5 N–H and O–H groups in total. The van der Waals surface area contributed by atoms with Gasteiger partial charge in [0.15, 0.2) is 0 Å². The van der Waals surface area contributed by atoms with Crippen molar-refractivity contribution in [1.29, 1.82) is 0 Å². The van der Waals surface area contributed by atoms with Crippen molar-refractivity contribution in [2.24, 2.45) is 5.73 Å². The molecule has 0 spiro atoms. The van der Waals surface area contributed by atoms with Crippen molar-refractivity contribution in [3.8, 4) is 5.75 Å². The molecule has 0 aromatic carbocycles. The molecule has 1 aromatic heterocycles. The predicted octanol–water partition coefficient (Wildman–Crippen LogP) is -0.532. The van der Waals surface area contributed by atoms with E-state index in [0.29, 0.717) is 0 Å². The van der Waals surface area contributed by atoms with E-state index in [1.54, 1.807) is 0 Å². The van der Waals surface area contributed by atoms with Crippen molar-refractivity contribution in [3.63, 3.8) is 0 Å². The lowest BCUT2D eigenvalue weighted by Gasteiger charge is -1.99. The number of carbonyl (C=O) groups excluding carboxylic acids is 1. The third-order valence-corrected chi connectivity index (χ3v) is 1.17. The molecule has 0 atom stereocenters. The van der Waals surface area contributed by atoms with Crippen LogP contribution in [0.15, 0.2) is 12.3 Å². The summed E-state index contributed by atoms with van der Waals surface area (Å²) in [5.74, 6) is -0.811. The van der Waals surface area contributed by atoms with Crippen molar-refractivity contribution < 1.29 is 9.90 Å². The first-order chi connectivity index (χ1) is 5.11. The summed E-state index contributed by atoms with van der Waals surface area (Å²) < 4.78 is 0. The summed E-state index contributed by atoms with van der Waals surface area (Å²) >= 11 is 0. The second-order valence-electron chi connectivity index (χ2n) is 1.99. The summed E-state index contributed by atoms with van der Waals surface area (Å²) in [7, 11) is 0. The lowest BCUT2D eigenvalue weighted by Crippen LogP contribution is -2.14. The Morgan fingerprint density at radius 1 is 1.64 bits per heavy atom. The smallest absolute Gasteiger partial charge is 0.252 e. The predicted molar refractivity (Wildman–Crippen MR) is 38.8 cm³/mol.